The number of carbonyl (C=O) groups is 2. The van der Waals surface area contributed by atoms with Gasteiger partial charge in [-0.05, 0) is 25.0 Å². The molecule has 3 heterocycles. The van der Waals surface area contributed by atoms with Crippen LogP contribution in [0.2, 0.25) is 0 Å². The van der Waals surface area contributed by atoms with Crippen LogP contribution in [0.25, 0.3) is 0 Å². The van der Waals surface area contributed by atoms with Gasteiger partial charge in [-0.15, -0.1) is 0 Å². The molecule has 0 spiro atoms. The van der Waals surface area contributed by atoms with Gasteiger partial charge in [-0.2, -0.15) is 8.42 Å². The molecule has 2 aliphatic heterocycles. The molecule has 2 atom stereocenters. The Bertz CT molecular complexity index is 878. The van der Waals surface area contributed by atoms with Crippen LogP contribution in [0.1, 0.15) is 36.8 Å². The van der Waals surface area contributed by atoms with Gasteiger partial charge in [0.2, 0.25) is 5.91 Å². The van der Waals surface area contributed by atoms with Gasteiger partial charge < -0.3 is 10.1 Å². The minimum absolute atomic E-state index is 0. The second-order valence-electron chi connectivity index (χ2n) is 6.54. The first-order chi connectivity index (χ1) is 12.0. The summed E-state index contributed by atoms with van der Waals surface area (Å²) >= 11 is 0. The molecule has 0 saturated carbocycles. The minimum atomic E-state index is -4.63. The molecule has 2 amide bonds. The summed E-state index contributed by atoms with van der Waals surface area (Å²) in [6, 6.07) is 3.18. The molecule has 2 unspecified atom stereocenters. The summed E-state index contributed by atoms with van der Waals surface area (Å²) in [7, 11) is -4.63. The summed E-state index contributed by atoms with van der Waals surface area (Å²) in [5.41, 5.74) is -0.688. The number of pyridine rings is 1. The molecule has 0 aliphatic carbocycles. The van der Waals surface area contributed by atoms with Gasteiger partial charge in [-0.1, -0.05) is 13.8 Å². The summed E-state index contributed by atoms with van der Waals surface area (Å²) in [5.74, 6) is -2.72. The van der Waals surface area contributed by atoms with E-state index in [1.54, 1.807) is 32.9 Å². The molecule has 0 bridgehead atoms. The number of nitrogens with zero attached hydrogens (tertiary/aromatic N) is 2. The molecule has 1 aromatic heterocycles. The van der Waals surface area contributed by atoms with Gasteiger partial charge in [0, 0.05) is 6.20 Å². The first kappa shape index (κ1) is 22.2. The molecule has 0 aromatic carbocycles. The molecule has 1 aromatic rings. The van der Waals surface area contributed by atoms with E-state index in [0.29, 0.717) is 0 Å². The van der Waals surface area contributed by atoms with Crippen LogP contribution >= 0.6 is 0 Å². The van der Waals surface area contributed by atoms with Crippen molar-refractivity contribution in [3.05, 3.63) is 29.6 Å². The van der Waals surface area contributed by atoms with Gasteiger partial charge in [-0.25, -0.2) is 4.18 Å². The predicted octanol–water partition coefficient (Wildman–Crippen LogP) is -0.620. The van der Waals surface area contributed by atoms with Crippen molar-refractivity contribution in [3.8, 4) is 0 Å². The van der Waals surface area contributed by atoms with Gasteiger partial charge in [0.25, 0.3) is 11.8 Å². The van der Waals surface area contributed by atoms with E-state index >= 15 is 0 Å². The average molecular weight is 409 g/mol. The van der Waals surface area contributed by atoms with Crippen LogP contribution in [-0.4, -0.2) is 83.0 Å². The summed E-state index contributed by atoms with van der Waals surface area (Å²) in [6.45, 7) is 4.42. The van der Waals surface area contributed by atoms with Crippen molar-refractivity contribution in [1.82, 2.24) is 15.2 Å². The van der Waals surface area contributed by atoms with Crippen LogP contribution in [0, 0.1) is 5.92 Å². The van der Waals surface area contributed by atoms with E-state index < -0.39 is 40.2 Å². The van der Waals surface area contributed by atoms with Crippen molar-refractivity contribution in [1.29, 1.82) is 0 Å². The number of rotatable bonds is 6. The summed E-state index contributed by atoms with van der Waals surface area (Å²) in [4.78, 5) is 31.2. The van der Waals surface area contributed by atoms with Crippen LogP contribution in [0.3, 0.4) is 0 Å². The number of fused-ring (bicyclic) bond motifs is 3. The zero-order chi connectivity index (χ0) is 19.3. The third kappa shape index (κ3) is 3.41. The number of nitrogens with one attached hydrogen (secondary N) is 1. The van der Waals surface area contributed by atoms with Crippen molar-refractivity contribution in [2.75, 3.05) is 13.2 Å². The molecule has 27 heavy (non-hydrogen) atoms. The van der Waals surface area contributed by atoms with E-state index in [4.69, 9.17) is 9.29 Å². The number of hydrogen-bond acceptors (Lipinski definition) is 7. The van der Waals surface area contributed by atoms with Crippen molar-refractivity contribution < 1.29 is 31.5 Å². The van der Waals surface area contributed by atoms with Crippen molar-refractivity contribution >= 4 is 51.8 Å². The second kappa shape index (κ2) is 7.39. The van der Waals surface area contributed by atoms with E-state index in [9.17, 15) is 18.0 Å². The van der Waals surface area contributed by atoms with Crippen molar-refractivity contribution in [2.24, 2.45) is 5.92 Å². The standard InChI is InChI=1S/C15H19N3O7S.Na.H/c1-9(2)14(3)13(20)17-15(24-7-8-25-26(21,22)23)11-10(5-4-6-16-11)12(19)18(14)15;;/h4-6,9H,7-8H2,1-3H3,(H,17,20)(H,21,22,23);;. The number of hydrogen-bond donors (Lipinski definition) is 2. The molecule has 1 fully saturated rings. The zero-order valence-corrected chi connectivity index (χ0v) is 15.2. The van der Waals surface area contributed by atoms with Crippen LogP contribution in [0.15, 0.2) is 18.3 Å². The van der Waals surface area contributed by atoms with Gasteiger partial charge in [-0.3, -0.25) is 24.0 Å². The Labute approximate surface area is 178 Å². The Kier molecular flexibility index (Phi) is 6.08. The Morgan fingerprint density at radius 1 is 1.33 bits per heavy atom. The molecule has 2 N–H and O–H groups in total. The second-order valence-corrected chi connectivity index (χ2v) is 7.63. The average Bonchev–Trinajstić information content (AvgIpc) is 2.93. The van der Waals surface area contributed by atoms with Crippen molar-refractivity contribution in [3.63, 3.8) is 0 Å². The first-order valence-corrected chi connectivity index (χ1v) is 9.29. The fourth-order valence-corrected chi connectivity index (χ4v) is 3.55. The molecule has 0 radical (unpaired) electrons. The van der Waals surface area contributed by atoms with Crippen LogP contribution in [-0.2, 0) is 30.0 Å². The maximum absolute atomic E-state index is 13.0. The van der Waals surface area contributed by atoms with Gasteiger partial charge in [0.1, 0.15) is 11.2 Å². The summed E-state index contributed by atoms with van der Waals surface area (Å²) in [5, 5.41) is 2.70. The normalized spacial score (nSPS) is 26.6. The quantitative estimate of drug-likeness (QED) is 0.361. The summed E-state index contributed by atoms with van der Waals surface area (Å²) in [6.07, 6.45) is 1.46. The van der Waals surface area contributed by atoms with Gasteiger partial charge in [0.05, 0.1) is 18.8 Å². The molecule has 2 aliphatic rings. The maximum atomic E-state index is 13.0. The monoisotopic (exact) mass is 409 g/mol. The SMILES string of the molecule is CC(C)C1(C)C(=O)NC2(OCCOS(=O)(=O)O)c3ncccc3C(=O)N21.[NaH]. The van der Waals surface area contributed by atoms with Crippen LogP contribution < -0.4 is 5.32 Å². The van der Waals surface area contributed by atoms with Gasteiger partial charge in [0.15, 0.2) is 0 Å². The molecular weight excluding hydrogens is 389 g/mol. The van der Waals surface area contributed by atoms with Crippen LogP contribution in [0.5, 0.6) is 0 Å². The third-order valence-corrected chi connectivity index (χ3v) is 5.30. The predicted molar refractivity (Wildman–Crippen MR) is 94.1 cm³/mol. The number of aromatic nitrogens is 1. The number of carbonyl (C=O) groups excluding carboxylic acids is 2. The molecule has 12 heteroatoms. The molecular formula is C15H20N3NaO7S. The fraction of sp³-hybridized carbons (Fsp3) is 0.533. The van der Waals surface area contributed by atoms with Crippen LogP contribution in [0.4, 0.5) is 0 Å². The Morgan fingerprint density at radius 2 is 2.00 bits per heavy atom. The number of ether oxygens (including phenoxy) is 1. The van der Waals surface area contributed by atoms with Crippen molar-refractivity contribution in [2.45, 2.75) is 32.2 Å². The molecule has 1 saturated heterocycles. The van der Waals surface area contributed by atoms with E-state index in [2.05, 4.69) is 14.5 Å². The molecule has 144 valence electrons. The summed E-state index contributed by atoms with van der Waals surface area (Å²) < 4.78 is 40.0. The Hall–Kier alpha value is -1.08. The van der Waals surface area contributed by atoms with E-state index in [-0.39, 0.29) is 53.3 Å². The molecule has 10 nitrogen and oxygen atoms in total. The molecule has 3 rings (SSSR count). The van der Waals surface area contributed by atoms with E-state index in [1.165, 1.54) is 11.1 Å². The van der Waals surface area contributed by atoms with E-state index in [0.717, 1.165) is 0 Å². The van der Waals surface area contributed by atoms with Gasteiger partial charge >= 0.3 is 40.0 Å². The third-order valence-electron chi connectivity index (χ3n) is 4.84. The Morgan fingerprint density at radius 3 is 2.59 bits per heavy atom. The zero-order valence-electron chi connectivity index (χ0n) is 14.4. The topological polar surface area (TPSA) is 135 Å². The first-order valence-electron chi connectivity index (χ1n) is 7.92. The van der Waals surface area contributed by atoms with E-state index in [1.807, 2.05) is 0 Å². The number of amides is 2. The fourth-order valence-electron chi connectivity index (χ4n) is 3.27. The Balaban J connectivity index is 0.00000261.